The summed E-state index contributed by atoms with van der Waals surface area (Å²) in [5.74, 6) is 2.77. The molecule has 0 aliphatic heterocycles. The van der Waals surface area contributed by atoms with Crippen molar-refractivity contribution < 1.29 is 0 Å². The molecule has 0 aromatic rings. The van der Waals surface area contributed by atoms with Gasteiger partial charge in [0.05, 0.1) is 0 Å². The Bertz CT molecular complexity index is 122. The summed E-state index contributed by atoms with van der Waals surface area (Å²) >= 11 is 0. The lowest BCUT2D eigenvalue weighted by Gasteiger charge is -2.37. The van der Waals surface area contributed by atoms with E-state index >= 15 is 0 Å². The Morgan fingerprint density at radius 3 is 2.30 bits per heavy atom. The standard InChI is InChI=1S/C10H18/c1-4-5-9-6-7-10(9)8(2)3/h4-5,8-10H,6-7H2,1-3H3. The average Bonchev–Trinajstić information content (AvgIpc) is 1.78. The van der Waals surface area contributed by atoms with Gasteiger partial charge in [0.25, 0.3) is 0 Å². The van der Waals surface area contributed by atoms with E-state index in [-0.39, 0.29) is 0 Å². The highest BCUT2D eigenvalue weighted by Gasteiger charge is 2.30. The van der Waals surface area contributed by atoms with Gasteiger partial charge < -0.3 is 0 Å². The molecule has 0 aromatic carbocycles. The Hall–Kier alpha value is -0.260. The maximum Gasteiger partial charge on any atom is -0.0203 e. The van der Waals surface area contributed by atoms with Crippen LogP contribution >= 0.6 is 0 Å². The fourth-order valence-electron chi connectivity index (χ4n) is 1.87. The van der Waals surface area contributed by atoms with Gasteiger partial charge in [-0.3, -0.25) is 0 Å². The zero-order valence-corrected chi connectivity index (χ0v) is 7.30. The van der Waals surface area contributed by atoms with Gasteiger partial charge in [0.15, 0.2) is 0 Å². The molecule has 0 saturated heterocycles. The van der Waals surface area contributed by atoms with Crippen LogP contribution in [0.4, 0.5) is 0 Å². The fraction of sp³-hybridized carbons (Fsp3) is 0.800. The van der Waals surface area contributed by atoms with Crippen molar-refractivity contribution in [3.8, 4) is 0 Å². The van der Waals surface area contributed by atoms with E-state index < -0.39 is 0 Å². The molecule has 1 rings (SSSR count). The molecule has 0 nitrogen and oxygen atoms in total. The highest BCUT2D eigenvalue weighted by Crippen LogP contribution is 2.40. The van der Waals surface area contributed by atoms with Crippen molar-refractivity contribution in [3.05, 3.63) is 12.2 Å². The molecule has 2 unspecified atom stereocenters. The van der Waals surface area contributed by atoms with Gasteiger partial charge in [0.2, 0.25) is 0 Å². The van der Waals surface area contributed by atoms with E-state index in [4.69, 9.17) is 0 Å². The minimum absolute atomic E-state index is 0.884. The van der Waals surface area contributed by atoms with Crippen LogP contribution in [0.15, 0.2) is 12.2 Å². The number of allylic oxidation sites excluding steroid dienone is 2. The molecule has 0 heteroatoms. The van der Waals surface area contributed by atoms with Gasteiger partial charge in [0, 0.05) is 0 Å². The zero-order chi connectivity index (χ0) is 7.56. The first-order valence-electron chi connectivity index (χ1n) is 4.38. The first kappa shape index (κ1) is 7.84. The van der Waals surface area contributed by atoms with Crippen LogP contribution in [0.1, 0.15) is 33.6 Å². The summed E-state index contributed by atoms with van der Waals surface area (Å²) in [4.78, 5) is 0. The molecule has 0 spiro atoms. The quantitative estimate of drug-likeness (QED) is 0.514. The van der Waals surface area contributed by atoms with Gasteiger partial charge in [-0.1, -0.05) is 26.0 Å². The van der Waals surface area contributed by atoms with Crippen LogP contribution in [0.2, 0.25) is 0 Å². The van der Waals surface area contributed by atoms with E-state index in [0.717, 1.165) is 17.8 Å². The minimum Gasteiger partial charge on any atom is -0.0914 e. The van der Waals surface area contributed by atoms with E-state index in [0.29, 0.717) is 0 Å². The molecular weight excluding hydrogens is 120 g/mol. The molecule has 1 saturated carbocycles. The topological polar surface area (TPSA) is 0 Å². The molecule has 0 N–H and O–H groups in total. The summed E-state index contributed by atoms with van der Waals surface area (Å²) in [7, 11) is 0. The van der Waals surface area contributed by atoms with E-state index in [9.17, 15) is 0 Å². The smallest absolute Gasteiger partial charge is 0.0203 e. The molecule has 1 fully saturated rings. The molecule has 10 heavy (non-hydrogen) atoms. The second-order valence-electron chi connectivity index (χ2n) is 3.67. The zero-order valence-electron chi connectivity index (χ0n) is 7.30. The largest absolute Gasteiger partial charge is 0.0914 e. The van der Waals surface area contributed by atoms with Crippen LogP contribution in [-0.2, 0) is 0 Å². The maximum atomic E-state index is 2.37. The van der Waals surface area contributed by atoms with Crippen LogP contribution in [0, 0.1) is 17.8 Å². The second kappa shape index (κ2) is 3.23. The fourth-order valence-corrected chi connectivity index (χ4v) is 1.87. The third kappa shape index (κ3) is 1.42. The van der Waals surface area contributed by atoms with E-state index in [2.05, 4.69) is 32.9 Å². The predicted molar refractivity (Wildman–Crippen MR) is 45.9 cm³/mol. The predicted octanol–water partition coefficient (Wildman–Crippen LogP) is 3.24. The molecule has 2 atom stereocenters. The molecular formula is C10H18. The SMILES string of the molecule is CC=CC1CCC1C(C)C. The van der Waals surface area contributed by atoms with Gasteiger partial charge in [-0.05, 0) is 37.5 Å². The first-order chi connectivity index (χ1) is 4.75. The van der Waals surface area contributed by atoms with Gasteiger partial charge >= 0.3 is 0 Å². The van der Waals surface area contributed by atoms with Crippen molar-refractivity contribution in [2.75, 3.05) is 0 Å². The van der Waals surface area contributed by atoms with Gasteiger partial charge in [0.1, 0.15) is 0 Å². The van der Waals surface area contributed by atoms with Crippen molar-refractivity contribution >= 4 is 0 Å². The maximum absolute atomic E-state index is 2.37. The summed E-state index contributed by atoms with van der Waals surface area (Å²) < 4.78 is 0. The molecule has 0 heterocycles. The molecule has 1 aliphatic carbocycles. The van der Waals surface area contributed by atoms with Gasteiger partial charge in [-0.2, -0.15) is 0 Å². The first-order valence-corrected chi connectivity index (χ1v) is 4.38. The van der Waals surface area contributed by atoms with Crippen molar-refractivity contribution in [2.24, 2.45) is 17.8 Å². The monoisotopic (exact) mass is 138 g/mol. The number of hydrogen-bond donors (Lipinski definition) is 0. The Labute approximate surface area is 64.3 Å². The molecule has 0 aromatic heterocycles. The summed E-state index contributed by atoms with van der Waals surface area (Å²) in [5, 5.41) is 0. The molecule has 1 aliphatic rings. The number of rotatable bonds is 2. The summed E-state index contributed by atoms with van der Waals surface area (Å²) in [5.41, 5.74) is 0. The molecule has 0 bridgehead atoms. The molecule has 0 amide bonds. The molecule has 58 valence electrons. The third-order valence-corrected chi connectivity index (χ3v) is 2.68. The third-order valence-electron chi connectivity index (χ3n) is 2.68. The van der Waals surface area contributed by atoms with Gasteiger partial charge in [-0.15, -0.1) is 0 Å². The van der Waals surface area contributed by atoms with Crippen molar-refractivity contribution in [2.45, 2.75) is 33.6 Å². The van der Waals surface area contributed by atoms with Crippen molar-refractivity contribution in [1.29, 1.82) is 0 Å². The average molecular weight is 138 g/mol. The lowest BCUT2D eigenvalue weighted by atomic mass is 9.68. The highest BCUT2D eigenvalue weighted by molar-refractivity contribution is 4.96. The Morgan fingerprint density at radius 1 is 1.30 bits per heavy atom. The molecule has 0 radical (unpaired) electrons. The minimum atomic E-state index is 0.884. The van der Waals surface area contributed by atoms with Crippen LogP contribution in [0.5, 0.6) is 0 Å². The van der Waals surface area contributed by atoms with Crippen LogP contribution in [0.25, 0.3) is 0 Å². The second-order valence-corrected chi connectivity index (χ2v) is 3.67. The Balaban J connectivity index is 2.35. The van der Waals surface area contributed by atoms with Crippen LogP contribution < -0.4 is 0 Å². The van der Waals surface area contributed by atoms with Crippen LogP contribution in [0.3, 0.4) is 0 Å². The summed E-state index contributed by atoms with van der Waals surface area (Å²) in [6, 6.07) is 0. The Morgan fingerprint density at radius 2 is 2.00 bits per heavy atom. The van der Waals surface area contributed by atoms with Crippen molar-refractivity contribution in [1.82, 2.24) is 0 Å². The highest BCUT2D eigenvalue weighted by atomic mass is 14.3. The van der Waals surface area contributed by atoms with E-state index in [1.54, 1.807) is 0 Å². The summed E-state index contributed by atoms with van der Waals surface area (Å²) in [6.07, 6.45) is 7.44. The van der Waals surface area contributed by atoms with E-state index in [1.165, 1.54) is 12.8 Å². The van der Waals surface area contributed by atoms with Crippen molar-refractivity contribution in [3.63, 3.8) is 0 Å². The summed E-state index contributed by atoms with van der Waals surface area (Å²) in [6.45, 7) is 6.79. The van der Waals surface area contributed by atoms with E-state index in [1.807, 2.05) is 0 Å². The number of hydrogen-bond acceptors (Lipinski definition) is 0. The lowest BCUT2D eigenvalue weighted by Crippen LogP contribution is -2.28. The van der Waals surface area contributed by atoms with Crippen LogP contribution in [-0.4, -0.2) is 0 Å². The Kier molecular flexibility index (Phi) is 2.53. The lowest BCUT2D eigenvalue weighted by molar-refractivity contribution is 0.163. The van der Waals surface area contributed by atoms with Gasteiger partial charge in [-0.25, -0.2) is 0 Å². The normalized spacial score (nSPS) is 33.2.